The number of hydrogen-bond donors (Lipinski definition) is 0. The highest BCUT2D eigenvalue weighted by Crippen LogP contribution is 2.41. The van der Waals surface area contributed by atoms with Crippen molar-refractivity contribution in [3.63, 3.8) is 0 Å². The van der Waals surface area contributed by atoms with Gasteiger partial charge in [0, 0.05) is 13.2 Å². The largest absolute Gasteiger partial charge is 0.274 e. The van der Waals surface area contributed by atoms with Gasteiger partial charge in [-0.05, 0) is 12.8 Å². The normalized spacial score (nSPS) is 26.6. The maximum atomic E-state index is 12.2. The van der Waals surface area contributed by atoms with Gasteiger partial charge in [-0.1, -0.05) is 6.42 Å². The average molecular weight is 244 g/mol. The van der Waals surface area contributed by atoms with Crippen LogP contribution in [0.25, 0.3) is 0 Å². The lowest BCUT2D eigenvalue weighted by Gasteiger charge is -2.12. The minimum atomic E-state index is -0.203. The molecule has 2 unspecified atom stereocenters. The predicted octanol–water partition coefficient (Wildman–Crippen LogP) is 0.581. The Balaban J connectivity index is 2.05. The number of aryl methyl sites for hydroxylation is 1. The van der Waals surface area contributed by atoms with E-state index in [2.05, 4.69) is 5.10 Å². The Kier molecular flexibility index (Phi) is 2.23. The highest BCUT2D eigenvalue weighted by Gasteiger charge is 2.51. The van der Waals surface area contributed by atoms with Crippen LogP contribution in [0.3, 0.4) is 0 Å². The second kappa shape index (κ2) is 3.67. The van der Waals surface area contributed by atoms with Gasteiger partial charge in [0.2, 0.25) is 11.8 Å². The number of carbonyl (C=O) groups excluding carboxylic acids is 2. The van der Waals surface area contributed by atoms with Crippen molar-refractivity contribution < 1.29 is 9.59 Å². The topological polar surface area (TPSA) is 79.0 Å². The van der Waals surface area contributed by atoms with Crippen molar-refractivity contribution in [3.05, 3.63) is 11.8 Å². The van der Waals surface area contributed by atoms with Gasteiger partial charge in [-0.2, -0.15) is 10.4 Å². The highest BCUT2D eigenvalue weighted by atomic mass is 16.2. The molecule has 1 aromatic heterocycles. The summed E-state index contributed by atoms with van der Waals surface area (Å²) >= 11 is 0. The molecular weight excluding hydrogens is 232 g/mol. The molecule has 1 aliphatic heterocycles. The van der Waals surface area contributed by atoms with Crippen LogP contribution in [0.1, 0.15) is 24.8 Å². The number of hydrogen-bond acceptors (Lipinski definition) is 4. The second-order valence-electron chi connectivity index (χ2n) is 4.81. The van der Waals surface area contributed by atoms with Crippen LogP contribution in [-0.2, 0) is 16.6 Å². The molecule has 2 amide bonds. The maximum Gasteiger partial charge on any atom is 0.238 e. The van der Waals surface area contributed by atoms with Gasteiger partial charge in [0.25, 0.3) is 0 Å². The van der Waals surface area contributed by atoms with Crippen LogP contribution >= 0.6 is 0 Å². The van der Waals surface area contributed by atoms with E-state index in [0.29, 0.717) is 0 Å². The summed E-state index contributed by atoms with van der Waals surface area (Å²) in [4.78, 5) is 25.5. The average Bonchev–Trinajstić information content (AvgIpc) is 2.99. The number of anilines is 1. The third kappa shape index (κ3) is 1.30. The Morgan fingerprint density at radius 1 is 1.33 bits per heavy atom. The lowest BCUT2D eigenvalue weighted by atomic mass is 10.00. The zero-order chi connectivity index (χ0) is 12.9. The van der Waals surface area contributed by atoms with Gasteiger partial charge in [0.15, 0.2) is 5.82 Å². The zero-order valence-electron chi connectivity index (χ0n) is 9.96. The minimum absolute atomic E-state index is 0.185. The Bertz CT molecular complexity index is 561. The summed E-state index contributed by atoms with van der Waals surface area (Å²) in [5, 5.41) is 13.1. The van der Waals surface area contributed by atoms with Crippen molar-refractivity contribution in [2.45, 2.75) is 19.3 Å². The Morgan fingerprint density at radius 2 is 1.94 bits per heavy atom. The Hall–Kier alpha value is -2.16. The SMILES string of the molecule is Cn1cc(C#N)c(N2C(=O)C3CCCC3C2=O)n1. The molecular formula is C12H12N4O2. The van der Waals surface area contributed by atoms with Gasteiger partial charge < -0.3 is 0 Å². The number of nitrogens with zero attached hydrogens (tertiary/aromatic N) is 4. The molecule has 0 N–H and O–H groups in total. The zero-order valence-corrected chi connectivity index (χ0v) is 9.96. The number of amides is 2. The number of fused-ring (bicyclic) bond motifs is 1. The molecule has 2 aliphatic rings. The summed E-state index contributed by atoms with van der Waals surface area (Å²) < 4.78 is 1.45. The van der Waals surface area contributed by atoms with Crippen molar-refractivity contribution in [1.82, 2.24) is 9.78 Å². The molecule has 2 atom stereocenters. The molecule has 6 heteroatoms. The van der Waals surface area contributed by atoms with Crippen LogP contribution < -0.4 is 4.90 Å². The molecule has 3 rings (SSSR count). The van der Waals surface area contributed by atoms with Crippen LogP contribution in [0.2, 0.25) is 0 Å². The fraction of sp³-hybridized carbons (Fsp3) is 0.500. The third-order valence-corrected chi connectivity index (χ3v) is 3.73. The van der Waals surface area contributed by atoms with Crippen LogP contribution in [-0.4, -0.2) is 21.6 Å². The van der Waals surface area contributed by atoms with Crippen molar-refractivity contribution in [2.75, 3.05) is 4.90 Å². The molecule has 6 nitrogen and oxygen atoms in total. The van der Waals surface area contributed by atoms with E-state index in [1.807, 2.05) is 6.07 Å². The van der Waals surface area contributed by atoms with Gasteiger partial charge in [-0.15, -0.1) is 0 Å². The number of rotatable bonds is 1. The Labute approximate surface area is 104 Å². The second-order valence-corrected chi connectivity index (χ2v) is 4.81. The first-order valence-corrected chi connectivity index (χ1v) is 5.95. The highest BCUT2D eigenvalue weighted by molar-refractivity contribution is 6.22. The molecule has 1 aromatic rings. The summed E-state index contributed by atoms with van der Waals surface area (Å²) in [7, 11) is 1.66. The summed E-state index contributed by atoms with van der Waals surface area (Å²) in [5.74, 6) is -0.614. The lowest BCUT2D eigenvalue weighted by Crippen LogP contribution is -2.32. The molecule has 1 aliphatic carbocycles. The molecule has 92 valence electrons. The minimum Gasteiger partial charge on any atom is -0.274 e. The molecule has 2 heterocycles. The molecule has 0 spiro atoms. The number of nitriles is 1. The van der Waals surface area contributed by atoms with Gasteiger partial charge >= 0.3 is 0 Å². The summed E-state index contributed by atoms with van der Waals surface area (Å²) in [5.41, 5.74) is 0.263. The van der Waals surface area contributed by atoms with E-state index in [4.69, 9.17) is 5.26 Å². The van der Waals surface area contributed by atoms with E-state index in [1.54, 1.807) is 7.05 Å². The molecule has 0 radical (unpaired) electrons. The summed E-state index contributed by atoms with van der Waals surface area (Å²) in [6.45, 7) is 0. The number of aromatic nitrogens is 2. The standard InChI is InChI=1S/C12H12N4O2/c1-15-6-7(5-13)10(14-15)16-11(17)8-3-2-4-9(8)12(16)18/h6,8-9H,2-4H2,1H3. The van der Waals surface area contributed by atoms with E-state index in [9.17, 15) is 9.59 Å². The van der Waals surface area contributed by atoms with Gasteiger partial charge in [0.1, 0.15) is 11.6 Å². The van der Waals surface area contributed by atoms with E-state index < -0.39 is 0 Å². The van der Waals surface area contributed by atoms with Crippen LogP contribution in [0.15, 0.2) is 6.20 Å². The first kappa shape index (κ1) is 11.0. The van der Waals surface area contributed by atoms with E-state index in [0.717, 1.165) is 24.2 Å². The monoisotopic (exact) mass is 244 g/mol. The third-order valence-electron chi connectivity index (χ3n) is 3.73. The Morgan fingerprint density at radius 3 is 2.50 bits per heavy atom. The van der Waals surface area contributed by atoms with Crippen LogP contribution in [0, 0.1) is 23.2 Å². The smallest absolute Gasteiger partial charge is 0.238 e. The molecule has 0 bridgehead atoms. The summed E-state index contributed by atoms with van der Waals surface area (Å²) in [6, 6.07) is 1.97. The first-order chi connectivity index (χ1) is 8.63. The van der Waals surface area contributed by atoms with Crippen molar-refractivity contribution >= 4 is 17.6 Å². The molecule has 2 fully saturated rings. The van der Waals surface area contributed by atoms with Crippen LogP contribution in [0.5, 0.6) is 0 Å². The van der Waals surface area contributed by atoms with E-state index in [1.165, 1.54) is 10.9 Å². The van der Waals surface area contributed by atoms with Crippen molar-refractivity contribution in [1.29, 1.82) is 5.26 Å². The van der Waals surface area contributed by atoms with Crippen LogP contribution in [0.4, 0.5) is 5.82 Å². The fourth-order valence-corrected chi connectivity index (χ4v) is 2.92. The van der Waals surface area contributed by atoms with Gasteiger partial charge in [0.05, 0.1) is 11.8 Å². The predicted molar refractivity (Wildman–Crippen MR) is 61.2 cm³/mol. The molecule has 18 heavy (non-hydrogen) atoms. The van der Waals surface area contributed by atoms with Gasteiger partial charge in [-0.25, -0.2) is 4.90 Å². The van der Waals surface area contributed by atoms with Gasteiger partial charge in [-0.3, -0.25) is 14.3 Å². The molecule has 1 saturated carbocycles. The molecule has 0 aromatic carbocycles. The van der Waals surface area contributed by atoms with Crippen molar-refractivity contribution in [3.8, 4) is 6.07 Å². The van der Waals surface area contributed by atoms with E-state index >= 15 is 0 Å². The fourth-order valence-electron chi connectivity index (χ4n) is 2.92. The number of carbonyl (C=O) groups is 2. The lowest BCUT2D eigenvalue weighted by molar-refractivity contribution is -0.122. The first-order valence-electron chi connectivity index (χ1n) is 5.95. The summed E-state index contributed by atoms with van der Waals surface area (Å²) in [6.07, 6.45) is 3.97. The van der Waals surface area contributed by atoms with E-state index in [-0.39, 0.29) is 35.0 Å². The van der Waals surface area contributed by atoms with Crippen molar-refractivity contribution in [2.24, 2.45) is 18.9 Å². The number of imide groups is 1. The molecule has 1 saturated heterocycles. The maximum absolute atomic E-state index is 12.2. The quantitative estimate of drug-likeness (QED) is 0.677.